The van der Waals surface area contributed by atoms with Crippen molar-refractivity contribution in [2.24, 2.45) is 0 Å². The van der Waals surface area contributed by atoms with Crippen molar-refractivity contribution in [1.82, 2.24) is 4.90 Å². The van der Waals surface area contributed by atoms with Crippen molar-refractivity contribution in [3.05, 3.63) is 57.0 Å². The maximum Gasteiger partial charge on any atom is 0.123 e. The Balaban J connectivity index is 1.81. The van der Waals surface area contributed by atoms with E-state index in [1.165, 1.54) is 17.0 Å². The van der Waals surface area contributed by atoms with E-state index >= 15 is 0 Å². The second kappa shape index (κ2) is 6.32. The molecule has 0 fully saturated rings. The molecule has 0 aliphatic carbocycles. The normalized spacial score (nSPS) is 11.1. The van der Waals surface area contributed by atoms with Gasteiger partial charge in [0, 0.05) is 18.0 Å². The predicted molar refractivity (Wildman–Crippen MR) is 75.8 cm³/mol. The molecule has 2 rings (SSSR count). The summed E-state index contributed by atoms with van der Waals surface area (Å²) < 4.78 is 13.6. The van der Waals surface area contributed by atoms with E-state index in [2.05, 4.69) is 18.0 Å². The Kier molecular flexibility index (Phi) is 4.75. The molecule has 0 saturated carbocycles. The summed E-state index contributed by atoms with van der Waals surface area (Å²) in [6, 6.07) is 10.7. The predicted octanol–water partition coefficient (Wildman–Crippen LogP) is 4.22. The lowest BCUT2D eigenvalue weighted by Gasteiger charge is -2.15. The highest BCUT2D eigenvalue weighted by Gasteiger charge is 2.03. The van der Waals surface area contributed by atoms with Gasteiger partial charge in [-0.3, -0.25) is 0 Å². The van der Waals surface area contributed by atoms with Crippen LogP contribution in [0.15, 0.2) is 36.4 Å². The number of benzene rings is 1. The summed E-state index contributed by atoms with van der Waals surface area (Å²) in [4.78, 5) is 3.51. The number of likely N-dealkylation sites (N-methyl/N-ethyl adjacent to an activating group) is 1. The molecule has 0 unspecified atom stereocenters. The molecular formula is C14H15ClFNS. The van der Waals surface area contributed by atoms with Crippen molar-refractivity contribution in [2.75, 3.05) is 13.6 Å². The molecule has 1 nitrogen and oxygen atoms in total. The third kappa shape index (κ3) is 4.09. The van der Waals surface area contributed by atoms with Gasteiger partial charge in [0.05, 0.1) is 4.34 Å². The van der Waals surface area contributed by atoms with Gasteiger partial charge in [-0.05, 0) is 43.3 Å². The van der Waals surface area contributed by atoms with Crippen LogP contribution in [0.2, 0.25) is 4.34 Å². The van der Waals surface area contributed by atoms with Gasteiger partial charge >= 0.3 is 0 Å². The number of rotatable bonds is 5. The van der Waals surface area contributed by atoms with Crippen molar-refractivity contribution in [1.29, 1.82) is 0 Å². The van der Waals surface area contributed by atoms with Gasteiger partial charge in [-0.1, -0.05) is 23.7 Å². The quantitative estimate of drug-likeness (QED) is 0.794. The molecule has 0 atom stereocenters. The number of hydrogen-bond acceptors (Lipinski definition) is 2. The van der Waals surface area contributed by atoms with Gasteiger partial charge in [-0.15, -0.1) is 11.3 Å². The summed E-state index contributed by atoms with van der Waals surface area (Å²) >= 11 is 7.51. The number of nitrogens with zero attached hydrogens (tertiary/aromatic N) is 1. The van der Waals surface area contributed by atoms with Crippen LogP contribution >= 0.6 is 22.9 Å². The van der Waals surface area contributed by atoms with Crippen LogP contribution in [-0.2, 0) is 13.0 Å². The number of halogens is 2. The molecule has 0 N–H and O–H groups in total. The summed E-state index contributed by atoms with van der Waals surface area (Å²) in [5.41, 5.74) is 1.16. The first kappa shape index (κ1) is 13.5. The minimum Gasteiger partial charge on any atom is -0.301 e. The third-order valence-electron chi connectivity index (χ3n) is 2.75. The van der Waals surface area contributed by atoms with E-state index in [0.29, 0.717) is 0 Å². The molecule has 0 aliphatic rings. The van der Waals surface area contributed by atoms with E-state index in [1.54, 1.807) is 11.3 Å². The molecule has 96 valence electrons. The molecule has 2 aromatic rings. The van der Waals surface area contributed by atoms with Crippen LogP contribution in [0.4, 0.5) is 4.39 Å². The summed E-state index contributed by atoms with van der Waals surface area (Å²) in [5, 5.41) is 0. The van der Waals surface area contributed by atoms with Crippen LogP contribution < -0.4 is 0 Å². The van der Waals surface area contributed by atoms with Crippen LogP contribution in [-0.4, -0.2) is 18.5 Å². The smallest absolute Gasteiger partial charge is 0.123 e. The lowest BCUT2D eigenvalue weighted by atomic mass is 10.1. The molecule has 0 amide bonds. The second-order valence-electron chi connectivity index (χ2n) is 4.32. The zero-order valence-electron chi connectivity index (χ0n) is 10.2. The van der Waals surface area contributed by atoms with Gasteiger partial charge < -0.3 is 4.90 Å². The van der Waals surface area contributed by atoms with E-state index in [0.717, 1.165) is 29.4 Å². The highest BCUT2D eigenvalue weighted by Crippen LogP contribution is 2.22. The number of thiophene rings is 1. The summed E-state index contributed by atoms with van der Waals surface area (Å²) in [6.07, 6.45) is 0.926. The maximum absolute atomic E-state index is 12.8. The molecule has 0 aliphatic heterocycles. The molecule has 1 aromatic carbocycles. The number of hydrogen-bond donors (Lipinski definition) is 0. The summed E-state index contributed by atoms with van der Waals surface area (Å²) in [7, 11) is 2.08. The van der Waals surface area contributed by atoms with Crippen molar-refractivity contribution >= 4 is 22.9 Å². The van der Waals surface area contributed by atoms with Crippen LogP contribution in [0.3, 0.4) is 0 Å². The molecular weight excluding hydrogens is 269 g/mol. The van der Waals surface area contributed by atoms with Crippen molar-refractivity contribution < 1.29 is 4.39 Å². The molecule has 1 aromatic heterocycles. The fraction of sp³-hybridized carbons (Fsp3) is 0.286. The van der Waals surface area contributed by atoms with Gasteiger partial charge in [0.2, 0.25) is 0 Å². The Bertz CT molecular complexity index is 495. The SMILES string of the molecule is CN(CCc1ccc(F)cc1)Cc1ccc(Cl)s1. The van der Waals surface area contributed by atoms with Crippen LogP contribution in [0.5, 0.6) is 0 Å². The van der Waals surface area contributed by atoms with Gasteiger partial charge in [-0.25, -0.2) is 4.39 Å². The Hall–Kier alpha value is -0.900. The van der Waals surface area contributed by atoms with E-state index in [4.69, 9.17) is 11.6 Å². The van der Waals surface area contributed by atoms with Crippen molar-refractivity contribution in [2.45, 2.75) is 13.0 Å². The minimum absolute atomic E-state index is 0.180. The van der Waals surface area contributed by atoms with Crippen LogP contribution in [0.25, 0.3) is 0 Å². The average molecular weight is 284 g/mol. The second-order valence-corrected chi connectivity index (χ2v) is 6.12. The zero-order valence-corrected chi connectivity index (χ0v) is 11.8. The van der Waals surface area contributed by atoms with Gasteiger partial charge in [0.15, 0.2) is 0 Å². The highest BCUT2D eigenvalue weighted by atomic mass is 35.5. The Morgan fingerprint density at radius 2 is 1.89 bits per heavy atom. The Morgan fingerprint density at radius 1 is 1.17 bits per heavy atom. The van der Waals surface area contributed by atoms with Crippen molar-refractivity contribution in [3.63, 3.8) is 0 Å². The Morgan fingerprint density at radius 3 is 2.50 bits per heavy atom. The van der Waals surface area contributed by atoms with E-state index in [9.17, 15) is 4.39 Å². The van der Waals surface area contributed by atoms with E-state index < -0.39 is 0 Å². The lowest BCUT2D eigenvalue weighted by molar-refractivity contribution is 0.334. The molecule has 1 heterocycles. The molecule has 0 spiro atoms. The van der Waals surface area contributed by atoms with Gasteiger partial charge in [-0.2, -0.15) is 0 Å². The highest BCUT2D eigenvalue weighted by molar-refractivity contribution is 7.16. The fourth-order valence-corrected chi connectivity index (χ4v) is 2.92. The fourth-order valence-electron chi connectivity index (χ4n) is 1.75. The summed E-state index contributed by atoms with van der Waals surface area (Å²) in [6.45, 7) is 1.85. The summed E-state index contributed by atoms with van der Waals surface area (Å²) in [5.74, 6) is -0.180. The molecule has 0 bridgehead atoms. The molecule has 0 saturated heterocycles. The molecule has 18 heavy (non-hydrogen) atoms. The van der Waals surface area contributed by atoms with Crippen molar-refractivity contribution in [3.8, 4) is 0 Å². The van der Waals surface area contributed by atoms with Gasteiger partial charge in [0.25, 0.3) is 0 Å². The standard InChI is InChI=1S/C14H15ClFNS/c1-17(10-13-6-7-14(15)18-13)9-8-11-2-4-12(16)5-3-11/h2-7H,8-10H2,1H3. The zero-order chi connectivity index (χ0) is 13.0. The van der Waals surface area contributed by atoms with Crippen LogP contribution in [0, 0.1) is 5.82 Å². The average Bonchev–Trinajstić information content (AvgIpc) is 2.74. The van der Waals surface area contributed by atoms with E-state index in [1.807, 2.05) is 18.2 Å². The first-order valence-corrected chi connectivity index (χ1v) is 7.00. The largest absolute Gasteiger partial charge is 0.301 e. The van der Waals surface area contributed by atoms with E-state index in [-0.39, 0.29) is 5.82 Å². The third-order valence-corrected chi connectivity index (χ3v) is 3.97. The maximum atomic E-state index is 12.8. The van der Waals surface area contributed by atoms with Crippen LogP contribution in [0.1, 0.15) is 10.4 Å². The minimum atomic E-state index is -0.180. The lowest BCUT2D eigenvalue weighted by Crippen LogP contribution is -2.20. The van der Waals surface area contributed by atoms with Gasteiger partial charge in [0.1, 0.15) is 5.82 Å². The Labute approximate surface area is 116 Å². The molecule has 4 heteroatoms. The first-order valence-electron chi connectivity index (χ1n) is 5.81. The first-order chi connectivity index (χ1) is 8.63. The monoisotopic (exact) mass is 283 g/mol. The molecule has 0 radical (unpaired) electrons. The topological polar surface area (TPSA) is 3.24 Å².